The van der Waals surface area contributed by atoms with Crippen LogP contribution in [0.3, 0.4) is 0 Å². The van der Waals surface area contributed by atoms with Crippen molar-refractivity contribution in [3.8, 4) is 0 Å². The fourth-order valence-electron chi connectivity index (χ4n) is 7.47. The maximum atomic E-state index is 12.8. The summed E-state index contributed by atoms with van der Waals surface area (Å²) in [4.78, 5) is 25.4. The Bertz CT molecular complexity index is 1150. The van der Waals surface area contributed by atoms with Crippen LogP contribution in [0.15, 0.2) is 48.6 Å². The lowest BCUT2D eigenvalue weighted by Gasteiger charge is -2.39. The van der Waals surface area contributed by atoms with Crippen molar-refractivity contribution in [2.24, 2.45) is 0 Å². The SMILES string of the molecule is CCC/C=C/C/C=C/C/C=C/C/C=C/CCCCCC(=O)OC[C@H](CO[C@@H]1O[C@H](CO)[C@H](O)C(O)C1O)OC(=O)CCCCCCCCCCCCCCCCCCCCCC. The Morgan fingerprint density at radius 1 is 0.500 bits per heavy atom. The van der Waals surface area contributed by atoms with E-state index in [1.54, 1.807) is 0 Å². The molecule has 0 aromatic heterocycles. The summed E-state index contributed by atoms with van der Waals surface area (Å²) in [5.41, 5.74) is 0. The minimum Gasteiger partial charge on any atom is -0.462 e. The van der Waals surface area contributed by atoms with E-state index in [0.717, 1.165) is 64.2 Å². The van der Waals surface area contributed by atoms with Crippen molar-refractivity contribution in [2.75, 3.05) is 19.8 Å². The summed E-state index contributed by atoms with van der Waals surface area (Å²) in [6.45, 7) is 3.35. The van der Waals surface area contributed by atoms with Crippen LogP contribution in [0.5, 0.6) is 0 Å². The summed E-state index contributed by atoms with van der Waals surface area (Å²) in [5, 5.41) is 40.2. The van der Waals surface area contributed by atoms with E-state index >= 15 is 0 Å². The molecule has 10 nitrogen and oxygen atoms in total. The Balaban J connectivity index is 2.29. The van der Waals surface area contributed by atoms with Gasteiger partial charge in [0.25, 0.3) is 0 Å². The van der Waals surface area contributed by atoms with Gasteiger partial charge < -0.3 is 39.4 Å². The molecule has 2 unspecified atom stereocenters. The summed E-state index contributed by atoms with van der Waals surface area (Å²) in [5.74, 6) is -0.836. The van der Waals surface area contributed by atoms with E-state index in [-0.39, 0.29) is 26.1 Å². The maximum absolute atomic E-state index is 12.8. The third kappa shape index (κ3) is 33.2. The fraction of sp³-hybridized carbons (Fsp3) is 0.808. The molecule has 6 atom stereocenters. The summed E-state index contributed by atoms with van der Waals surface area (Å²) < 4.78 is 22.2. The van der Waals surface area contributed by atoms with Gasteiger partial charge in [-0.2, -0.15) is 0 Å². The lowest BCUT2D eigenvalue weighted by molar-refractivity contribution is -0.305. The molecule has 0 amide bonds. The average molecular weight is 877 g/mol. The highest BCUT2D eigenvalue weighted by Gasteiger charge is 2.44. The van der Waals surface area contributed by atoms with Gasteiger partial charge in [0.05, 0.1) is 13.2 Å². The molecular formula is C52H92O10. The summed E-state index contributed by atoms with van der Waals surface area (Å²) in [7, 11) is 0. The van der Waals surface area contributed by atoms with Crippen molar-refractivity contribution in [3.05, 3.63) is 48.6 Å². The Hall–Kier alpha value is -2.34. The number of esters is 2. The van der Waals surface area contributed by atoms with Gasteiger partial charge in [0, 0.05) is 12.8 Å². The number of carbonyl (C=O) groups excluding carboxylic acids is 2. The Kier molecular flexibility index (Phi) is 39.6. The first kappa shape index (κ1) is 57.7. The van der Waals surface area contributed by atoms with Gasteiger partial charge >= 0.3 is 11.9 Å². The molecule has 62 heavy (non-hydrogen) atoms. The van der Waals surface area contributed by atoms with Crippen LogP contribution in [0.25, 0.3) is 0 Å². The first-order valence-corrected chi connectivity index (χ1v) is 25.2. The van der Waals surface area contributed by atoms with E-state index in [4.69, 9.17) is 18.9 Å². The van der Waals surface area contributed by atoms with Crippen molar-refractivity contribution in [1.29, 1.82) is 0 Å². The second kappa shape index (κ2) is 42.6. The molecular weight excluding hydrogens is 785 g/mol. The smallest absolute Gasteiger partial charge is 0.306 e. The van der Waals surface area contributed by atoms with Crippen molar-refractivity contribution < 1.29 is 49.0 Å². The van der Waals surface area contributed by atoms with Gasteiger partial charge in [-0.05, 0) is 51.4 Å². The van der Waals surface area contributed by atoms with E-state index in [9.17, 15) is 30.0 Å². The van der Waals surface area contributed by atoms with E-state index in [1.807, 2.05) is 0 Å². The number of unbranched alkanes of at least 4 members (excludes halogenated alkanes) is 23. The highest BCUT2D eigenvalue weighted by Crippen LogP contribution is 2.23. The normalized spacial score (nSPS) is 20.0. The molecule has 1 heterocycles. The van der Waals surface area contributed by atoms with E-state index in [2.05, 4.69) is 62.5 Å². The van der Waals surface area contributed by atoms with Crippen molar-refractivity contribution in [1.82, 2.24) is 0 Å². The number of aliphatic hydroxyl groups is 4. The number of hydrogen-bond donors (Lipinski definition) is 4. The van der Waals surface area contributed by atoms with E-state index < -0.39 is 55.4 Å². The zero-order valence-electron chi connectivity index (χ0n) is 39.4. The molecule has 0 saturated carbocycles. The molecule has 0 bridgehead atoms. The van der Waals surface area contributed by atoms with Crippen LogP contribution in [0.2, 0.25) is 0 Å². The molecule has 0 aliphatic carbocycles. The molecule has 1 aliphatic rings. The molecule has 0 spiro atoms. The minimum absolute atomic E-state index is 0.225. The van der Waals surface area contributed by atoms with Gasteiger partial charge in [-0.15, -0.1) is 0 Å². The van der Waals surface area contributed by atoms with Crippen LogP contribution in [0.4, 0.5) is 0 Å². The monoisotopic (exact) mass is 877 g/mol. The van der Waals surface area contributed by atoms with E-state index in [0.29, 0.717) is 12.8 Å². The Morgan fingerprint density at radius 3 is 1.42 bits per heavy atom. The minimum atomic E-state index is -1.60. The van der Waals surface area contributed by atoms with Crippen LogP contribution in [0.1, 0.15) is 213 Å². The third-order valence-electron chi connectivity index (χ3n) is 11.4. The molecule has 0 aromatic carbocycles. The Labute approximate surface area is 378 Å². The van der Waals surface area contributed by atoms with Gasteiger partial charge in [0.1, 0.15) is 31.0 Å². The summed E-state index contributed by atoms with van der Waals surface area (Å²) in [6.07, 6.45) is 44.0. The third-order valence-corrected chi connectivity index (χ3v) is 11.4. The topological polar surface area (TPSA) is 152 Å². The standard InChI is InChI=1S/C52H92O10/c1-3-5-7-9-11-13-15-17-19-21-22-23-25-27-29-31-33-35-37-39-41-48(55)61-45(44-60-52-51(58)50(57)49(56)46(42-53)62-52)43-59-47(54)40-38-36-34-32-30-28-26-24-20-18-16-14-12-10-8-6-4-2/h8,10,14,16,20,24,28,30,45-46,49-53,56-58H,3-7,9,11-13,15,17-19,21-23,25-27,29,31-44H2,1-2H3/b10-8+,16-14+,24-20+,30-28+/t45-,46-,49+,50?,51?,52-/m1/s1. The van der Waals surface area contributed by atoms with Crippen LogP contribution >= 0.6 is 0 Å². The van der Waals surface area contributed by atoms with Crippen molar-refractivity contribution >= 4 is 11.9 Å². The molecule has 0 radical (unpaired) electrons. The molecule has 1 rings (SSSR count). The number of rotatable bonds is 42. The lowest BCUT2D eigenvalue weighted by atomic mass is 9.99. The quantitative estimate of drug-likeness (QED) is 0.0265. The zero-order chi connectivity index (χ0) is 45.1. The van der Waals surface area contributed by atoms with Gasteiger partial charge in [-0.25, -0.2) is 0 Å². The number of hydrogen-bond acceptors (Lipinski definition) is 10. The van der Waals surface area contributed by atoms with Crippen LogP contribution in [0, 0.1) is 0 Å². The highest BCUT2D eigenvalue weighted by atomic mass is 16.7. The van der Waals surface area contributed by atoms with Crippen molar-refractivity contribution in [3.63, 3.8) is 0 Å². The molecule has 1 aliphatic heterocycles. The highest BCUT2D eigenvalue weighted by molar-refractivity contribution is 5.70. The van der Waals surface area contributed by atoms with Crippen molar-refractivity contribution in [2.45, 2.75) is 250 Å². The molecule has 1 saturated heterocycles. The fourth-order valence-corrected chi connectivity index (χ4v) is 7.47. The number of allylic oxidation sites excluding steroid dienone is 8. The van der Waals surface area contributed by atoms with Gasteiger partial charge in [0.2, 0.25) is 0 Å². The predicted octanol–water partition coefficient (Wildman–Crippen LogP) is 11.6. The lowest BCUT2D eigenvalue weighted by Crippen LogP contribution is -2.59. The predicted molar refractivity (Wildman–Crippen MR) is 252 cm³/mol. The maximum Gasteiger partial charge on any atom is 0.306 e. The first-order chi connectivity index (χ1) is 30.3. The van der Waals surface area contributed by atoms with Crippen LogP contribution < -0.4 is 0 Å². The second-order valence-corrected chi connectivity index (χ2v) is 17.3. The van der Waals surface area contributed by atoms with Gasteiger partial charge in [0.15, 0.2) is 12.4 Å². The Morgan fingerprint density at radius 2 is 0.935 bits per heavy atom. The summed E-state index contributed by atoms with van der Waals surface area (Å²) >= 11 is 0. The van der Waals surface area contributed by atoms with E-state index in [1.165, 1.54) is 109 Å². The van der Waals surface area contributed by atoms with Gasteiger partial charge in [-0.1, -0.05) is 197 Å². The molecule has 4 N–H and O–H groups in total. The second-order valence-electron chi connectivity index (χ2n) is 17.3. The zero-order valence-corrected chi connectivity index (χ0v) is 39.4. The molecule has 360 valence electrons. The number of ether oxygens (including phenoxy) is 4. The number of aliphatic hydroxyl groups excluding tert-OH is 4. The summed E-state index contributed by atoms with van der Waals surface area (Å²) in [6, 6.07) is 0. The molecule has 10 heteroatoms. The first-order valence-electron chi connectivity index (χ1n) is 25.2. The average Bonchev–Trinajstić information content (AvgIpc) is 3.27. The largest absolute Gasteiger partial charge is 0.462 e. The van der Waals surface area contributed by atoms with Crippen LogP contribution in [-0.4, -0.2) is 89.0 Å². The molecule has 0 aromatic rings. The van der Waals surface area contributed by atoms with Crippen LogP contribution in [-0.2, 0) is 28.5 Å². The number of carbonyl (C=O) groups is 2. The van der Waals surface area contributed by atoms with Gasteiger partial charge in [-0.3, -0.25) is 9.59 Å². The molecule has 1 fully saturated rings.